The first kappa shape index (κ1) is 31.9. The van der Waals surface area contributed by atoms with Crippen molar-refractivity contribution in [3.05, 3.63) is 188 Å². The SMILES string of the molecule is c1ccc(-c2nc(-c3ccccc3)nc(-c3ccc(-c4ccc5c(c4)oc4ccc(-c6ccccc6-c6ccc7oc8ccccc8c7c6)cc45)cc3)n2)cc1. The van der Waals surface area contributed by atoms with E-state index >= 15 is 0 Å². The number of aromatic nitrogens is 3. The van der Waals surface area contributed by atoms with E-state index in [-0.39, 0.29) is 0 Å². The van der Waals surface area contributed by atoms with Gasteiger partial charge in [0, 0.05) is 38.2 Å². The summed E-state index contributed by atoms with van der Waals surface area (Å²) in [6.07, 6.45) is 0. The smallest absolute Gasteiger partial charge is 0.164 e. The first-order chi connectivity index (χ1) is 27.7. The summed E-state index contributed by atoms with van der Waals surface area (Å²) in [4.78, 5) is 14.6. The number of benzene rings is 8. The summed E-state index contributed by atoms with van der Waals surface area (Å²) < 4.78 is 12.6. The van der Waals surface area contributed by atoms with Crippen molar-refractivity contribution in [3.8, 4) is 67.5 Å². The number of para-hydroxylation sites is 1. The lowest BCUT2D eigenvalue weighted by Gasteiger charge is -2.11. The molecule has 0 aliphatic rings. The van der Waals surface area contributed by atoms with Crippen molar-refractivity contribution in [3.63, 3.8) is 0 Å². The molecule has 0 amide bonds. The van der Waals surface area contributed by atoms with Crippen LogP contribution in [0.3, 0.4) is 0 Å². The van der Waals surface area contributed by atoms with Gasteiger partial charge in [0.2, 0.25) is 0 Å². The fourth-order valence-electron chi connectivity index (χ4n) is 7.75. The van der Waals surface area contributed by atoms with E-state index in [1.165, 1.54) is 5.56 Å². The third-order valence-electron chi connectivity index (χ3n) is 10.6. The summed E-state index contributed by atoms with van der Waals surface area (Å²) >= 11 is 0. The molecule has 56 heavy (non-hydrogen) atoms. The summed E-state index contributed by atoms with van der Waals surface area (Å²) in [5.74, 6) is 1.92. The Kier molecular flexibility index (Phi) is 7.42. The molecular formula is C51H31N3O2. The molecule has 8 aromatic carbocycles. The van der Waals surface area contributed by atoms with E-state index in [0.717, 1.165) is 88.4 Å². The summed E-state index contributed by atoms with van der Waals surface area (Å²) in [6.45, 7) is 0. The average molecular weight is 718 g/mol. The predicted octanol–water partition coefficient (Wildman–Crippen LogP) is 13.7. The molecule has 262 valence electrons. The minimum Gasteiger partial charge on any atom is -0.456 e. The second-order valence-electron chi connectivity index (χ2n) is 14.0. The third-order valence-corrected chi connectivity index (χ3v) is 10.6. The number of furan rings is 2. The molecule has 0 saturated carbocycles. The van der Waals surface area contributed by atoms with Crippen LogP contribution in [0.15, 0.2) is 197 Å². The molecule has 11 rings (SSSR count). The van der Waals surface area contributed by atoms with Gasteiger partial charge < -0.3 is 8.83 Å². The Labute approximate surface area is 322 Å². The van der Waals surface area contributed by atoms with Crippen molar-refractivity contribution in [2.24, 2.45) is 0 Å². The van der Waals surface area contributed by atoms with Crippen LogP contribution in [-0.4, -0.2) is 15.0 Å². The van der Waals surface area contributed by atoms with Crippen molar-refractivity contribution in [1.82, 2.24) is 15.0 Å². The van der Waals surface area contributed by atoms with Crippen LogP contribution in [0.5, 0.6) is 0 Å². The van der Waals surface area contributed by atoms with Gasteiger partial charge in [-0.3, -0.25) is 0 Å². The van der Waals surface area contributed by atoms with Gasteiger partial charge in [0.05, 0.1) is 0 Å². The quantitative estimate of drug-likeness (QED) is 0.171. The first-order valence-corrected chi connectivity index (χ1v) is 18.7. The molecule has 0 saturated heterocycles. The number of hydrogen-bond donors (Lipinski definition) is 0. The number of fused-ring (bicyclic) bond motifs is 6. The molecule has 0 aliphatic heterocycles. The fraction of sp³-hybridized carbons (Fsp3) is 0. The molecule has 0 N–H and O–H groups in total. The van der Waals surface area contributed by atoms with Gasteiger partial charge in [-0.05, 0) is 75.8 Å². The topological polar surface area (TPSA) is 65.0 Å². The van der Waals surface area contributed by atoms with E-state index in [4.69, 9.17) is 23.8 Å². The highest BCUT2D eigenvalue weighted by Crippen LogP contribution is 2.40. The normalized spacial score (nSPS) is 11.6. The predicted molar refractivity (Wildman–Crippen MR) is 227 cm³/mol. The minimum absolute atomic E-state index is 0.630. The van der Waals surface area contributed by atoms with Crippen LogP contribution in [0.1, 0.15) is 0 Å². The van der Waals surface area contributed by atoms with E-state index in [1.807, 2.05) is 72.8 Å². The lowest BCUT2D eigenvalue weighted by atomic mass is 9.93. The van der Waals surface area contributed by atoms with Crippen molar-refractivity contribution in [2.75, 3.05) is 0 Å². The van der Waals surface area contributed by atoms with Crippen LogP contribution in [-0.2, 0) is 0 Å². The van der Waals surface area contributed by atoms with Crippen molar-refractivity contribution in [1.29, 1.82) is 0 Å². The molecule has 11 aromatic rings. The molecule has 0 unspecified atom stereocenters. The van der Waals surface area contributed by atoms with Crippen LogP contribution in [0.4, 0.5) is 0 Å². The lowest BCUT2D eigenvalue weighted by molar-refractivity contribution is 0.668. The van der Waals surface area contributed by atoms with E-state index in [2.05, 4.69) is 115 Å². The van der Waals surface area contributed by atoms with Crippen LogP contribution in [0.25, 0.3) is 111 Å². The zero-order chi connectivity index (χ0) is 37.0. The number of nitrogens with zero attached hydrogens (tertiary/aromatic N) is 3. The molecule has 5 heteroatoms. The number of hydrogen-bond acceptors (Lipinski definition) is 5. The van der Waals surface area contributed by atoms with Crippen molar-refractivity contribution in [2.45, 2.75) is 0 Å². The Morgan fingerprint density at radius 3 is 1.25 bits per heavy atom. The van der Waals surface area contributed by atoms with Gasteiger partial charge in [-0.25, -0.2) is 15.0 Å². The monoisotopic (exact) mass is 717 g/mol. The molecule has 3 aromatic heterocycles. The molecule has 3 heterocycles. The second-order valence-corrected chi connectivity index (χ2v) is 14.0. The Hall–Kier alpha value is -7.63. The van der Waals surface area contributed by atoms with Gasteiger partial charge in [0.25, 0.3) is 0 Å². The van der Waals surface area contributed by atoms with Gasteiger partial charge >= 0.3 is 0 Å². The first-order valence-electron chi connectivity index (χ1n) is 18.7. The Balaban J connectivity index is 0.930. The van der Waals surface area contributed by atoms with Gasteiger partial charge in [0.1, 0.15) is 22.3 Å². The third kappa shape index (κ3) is 5.53. The zero-order valence-corrected chi connectivity index (χ0v) is 30.1. The van der Waals surface area contributed by atoms with E-state index in [9.17, 15) is 0 Å². The van der Waals surface area contributed by atoms with Crippen LogP contribution < -0.4 is 0 Å². The Morgan fingerprint density at radius 1 is 0.250 bits per heavy atom. The molecule has 0 fully saturated rings. The molecule has 0 bridgehead atoms. The van der Waals surface area contributed by atoms with Gasteiger partial charge in [-0.1, -0.05) is 146 Å². The van der Waals surface area contributed by atoms with Crippen LogP contribution >= 0.6 is 0 Å². The van der Waals surface area contributed by atoms with Crippen LogP contribution in [0.2, 0.25) is 0 Å². The fourth-order valence-corrected chi connectivity index (χ4v) is 7.75. The Morgan fingerprint density at radius 2 is 0.661 bits per heavy atom. The number of rotatable bonds is 6. The Bertz CT molecular complexity index is 3180. The summed E-state index contributed by atoms with van der Waals surface area (Å²) in [6, 6.07) is 64.7. The molecule has 5 nitrogen and oxygen atoms in total. The molecule has 0 atom stereocenters. The minimum atomic E-state index is 0.630. The molecule has 0 aliphatic carbocycles. The van der Waals surface area contributed by atoms with E-state index in [1.54, 1.807) is 0 Å². The van der Waals surface area contributed by atoms with Crippen LogP contribution in [0, 0.1) is 0 Å². The lowest BCUT2D eigenvalue weighted by Crippen LogP contribution is -2.00. The molecular weight excluding hydrogens is 687 g/mol. The molecule has 0 spiro atoms. The van der Waals surface area contributed by atoms with Gasteiger partial charge in [-0.15, -0.1) is 0 Å². The van der Waals surface area contributed by atoms with Crippen molar-refractivity contribution < 1.29 is 8.83 Å². The largest absolute Gasteiger partial charge is 0.456 e. The summed E-state index contributed by atoms with van der Waals surface area (Å²) in [5, 5.41) is 4.41. The van der Waals surface area contributed by atoms with Gasteiger partial charge in [-0.2, -0.15) is 0 Å². The summed E-state index contributed by atoms with van der Waals surface area (Å²) in [7, 11) is 0. The zero-order valence-electron chi connectivity index (χ0n) is 30.1. The van der Waals surface area contributed by atoms with E-state index in [0.29, 0.717) is 17.5 Å². The highest BCUT2D eigenvalue weighted by Gasteiger charge is 2.16. The highest BCUT2D eigenvalue weighted by molar-refractivity contribution is 6.09. The highest BCUT2D eigenvalue weighted by atomic mass is 16.3. The average Bonchev–Trinajstić information content (AvgIpc) is 3.84. The van der Waals surface area contributed by atoms with E-state index < -0.39 is 0 Å². The maximum Gasteiger partial charge on any atom is 0.164 e. The standard InChI is InChI=1S/C51H31N3O2/c1-3-11-33(12-4-1)49-52-50(34-13-5-2-6-14-34)54-51(53-49)35-21-19-32(20-22-35)36-23-26-42-44-30-38(25-28-47(44)56-48(42)31-36)40-16-8-7-15-39(40)37-24-27-46-43(29-37)41-17-9-10-18-45(41)55-46/h1-31H. The molecule has 0 radical (unpaired) electrons. The van der Waals surface area contributed by atoms with Gasteiger partial charge in [0.15, 0.2) is 17.5 Å². The van der Waals surface area contributed by atoms with Crippen molar-refractivity contribution >= 4 is 43.9 Å². The second kappa shape index (κ2) is 13.0. The maximum atomic E-state index is 6.47. The maximum absolute atomic E-state index is 6.47. The summed E-state index contributed by atoms with van der Waals surface area (Å²) in [5.41, 5.74) is 13.1.